The smallest absolute Gasteiger partial charge is 0.244 e. The maximum absolute atomic E-state index is 12.0. The van der Waals surface area contributed by atoms with Gasteiger partial charge in [0.05, 0.1) is 5.52 Å². The first-order chi connectivity index (χ1) is 10.8. The number of pyridine rings is 1. The van der Waals surface area contributed by atoms with Gasteiger partial charge in [0.15, 0.2) is 0 Å². The van der Waals surface area contributed by atoms with Crippen molar-refractivity contribution in [2.24, 2.45) is 5.92 Å². The number of hydrogen-bond acceptors (Lipinski definition) is 2. The number of benzene rings is 1. The lowest BCUT2D eigenvalue weighted by Crippen LogP contribution is -2.28. The zero-order valence-electron chi connectivity index (χ0n) is 12.8. The quantitative estimate of drug-likeness (QED) is 0.868. The minimum atomic E-state index is -0.00790. The van der Waals surface area contributed by atoms with Gasteiger partial charge in [-0.2, -0.15) is 0 Å². The normalized spacial score (nSPS) is 16.2. The fourth-order valence-corrected chi connectivity index (χ4v) is 3.12. The summed E-state index contributed by atoms with van der Waals surface area (Å²) >= 11 is 0. The van der Waals surface area contributed by atoms with Crippen LogP contribution in [0.1, 0.15) is 37.7 Å². The molecule has 0 atom stereocenters. The fourth-order valence-electron chi connectivity index (χ4n) is 3.12. The van der Waals surface area contributed by atoms with E-state index >= 15 is 0 Å². The van der Waals surface area contributed by atoms with Crippen molar-refractivity contribution in [3.05, 3.63) is 48.2 Å². The van der Waals surface area contributed by atoms with Crippen LogP contribution < -0.4 is 5.32 Å². The van der Waals surface area contributed by atoms with E-state index in [4.69, 9.17) is 0 Å². The Kier molecular flexibility index (Phi) is 4.84. The van der Waals surface area contributed by atoms with Crippen LogP contribution in [0.15, 0.2) is 42.6 Å². The Morgan fingerprint density at radius 1 is 1.18 bits per heavy atom. The maximum atomic E-state index is 12.0. The standard InChI is InChI=1S/C19H22N2O/c22-19(21-14-15-6-2-1-3-7-15)11-10-16-12-13-20-18-9-5-4-8-17(16)18/h4-5,8-13,15H,1-3,6-7,14H2,(H,21,22). The summed E-state index contributed by atoms with van der Waals surface area (Å²) in [5.74, 6) is 0.652. The lowest BCUT2D eigenvalue weighted by molar-refractivity contribution is -0.116. The lowest BCUT2D eigenvalue weighted by atomic mass is 9.89. The molecule has 1 amide bonds. The first-order valence-electron chi connectivity index (χ1n) is 8.12. The van der Waals surface area contributed by atoms with Crippen LogP contribution >= 0.6 is 0 Å². The van der Waals surface area contributed by atoms with Crippen molar-refractivity contribution in [3.8, 4) is 0 Å². The molecule has 114 valence electrons. The molecular weight excluding hydrogens is 272 g/mol. The van der Waals surface area contributed by atoms with Crippen LogP contribution in [0, 0.1) is 5.92 Å². The number of nitrogens with zero attached hydrogens (tertiary/aromatic N) is 1. The number of carbonyl (C=O) groups excluding carboxylic acids is 1. The highest BCUT2D eigenvalue weighted by Gasteiger charge is 2.13. The molecule has 1 fully saturated rings. The largest absolute Gasteiger partial charge is 0.352 e. The van der Waals surface area contributed by atoms with Gasteiger partial charge >= 0.3 is 0 Å². The van der Waals surface area contributed by atoms with Crippen LogP contribution in [0.25, 0.3) is 17.0 Å². The zero-order valence-corrected chi connectivity index (χ0v) is 12.8. The summed E-state index contributed by atoms with van der Waals surface area (Å²) in [6.07, 6.45) is 11.7. The summed E-state index contributed by atoms with van der Waals surface area (Å²) in [5.41, 5.74) is 1.98. The Morgan fingerprint density at radius 3 is 2.86 bits per heavy atom. The molecule has 1 N–H and O–H groups in total. The molecule has 1 heterocycles. The summed E-state index contributed by atoms with van der Waals surface area (Å²) in [5, 5.41) is 4.10. The number of hydrogen-bond donors (Lipinski definition) is 1. The first-order valence-corrected chi connectivity index (χ1v) is 8.12. The van der Waals surface area contributed by atoms with Crippen LogP contribution in [-0.2, 0) is 4.79 Å². The highest BCUT2D eigenvalue weighted by molar-refractivity contribution is 5.95. The fraction of sp³-hybridized carbons (Fsp3) is 0.368. The van der Waals surface area contributed by atoms with Crippen molar-refractivity contribution in [2.75, 3.05) is 6.54 Å². The van der Waals surface area contributed by atoms with Gasteiger partial charge in [0.25, 0.3) is 0 Å². The van der Waals surface area contributed by atoms with Crippen LogP contribution in [0.5, 0.6) is 0 Å². The van der Waals surface area contributed by atoms with Crippen molar-refractivity contribution < 1.29 is 4.79 Å². The number of carbonyl (C=O) groups is 1. The summed E-state index contributed by atoms with van der Waals surface area (Å²) in [7, 11) is 0. The molecule has 1 aliphatic carbocycles. The summed E-state index contributed by atoms with van der Waals surface area (Å²) < 4.78 is 0. The van der Waals surface area contributed by atoms with E-state index in [-0.39, 0.29) is 5.91 Å². The van der Waals surface area contributed by atoms with Gasteiger partial charge in [-0.1, -0.05) is 37.5 Å². The van der Waals surface area contributed by atoms with E-state index in [1.165, 1.54) is 32.1 Å². The molecule has 1 saturated carbocycles. The third-order valence-corrected chi connectivity index (χ3v) is 4.39. The van der Waals surface area contributed by atoms with E-state index < -0.39 is 0 Å². The number of amides is 1. The predicted octanol–water partition coefficient (Wildman–Crippen LogP) is 3.94. The summed E-state index contributed by atoms with van der Waals surface area (Å²) in [4.78, 5) is 16.3. The van der Waals surface area contributed by atoms with E-state index in [0.717, 1.165) is 23.0 Å². The minimum absolute atomic E-state index is 0.00790. The van der Waals surface area contributed by atoms with Gasteiger partial charge in [0.1, 0.15) is 0 Å². The molecule has 2 aromatic rings. The van der Waals surface area contributed by atoms with Crippen LogP contribution in [0.2, 0.25) is 0 Å². The molecule has 22 heavy (non-hydrogen) atoms. The number of rotatable bonds is 4. The van der Waals surface area contributed by atoms with Gasteiger partial charge in [-0.3, -0.25) is 9.78 Å². The number of fused-ring (bicyclic) bond motifs is 1. The Labute approximate surface area is 131 Å². The molecule has 3 nitrogen and oxygen atoms in total. The third-order valence-electron chi connectivity index (χ3n) is 4.39. The molecule has 3 rings (SSSR count). The van der Waals surface area contributed by atoms with Crippen molar-refractivity contribution >= 4 is 22.9 Å². The van der Waals surface area contributed by atoms with E-state index in [1.807, 2.05) is 36.4 Å². The van der Waals surface area contributed by atoms with Crippen molar-refractivity contribution in [3.63, 3.8) is 0 Å². The SMILES string of the molecule is O=C(C=Cc1ccnc2ccccc12)NCC1CCCCC1. The Morgan fingerprint density at radius 2 is 2.00 bits per heavy atom. The average molecular weight is 294 g/mol. The van der Waals surface area contributed by atoms with Gasteiger partial charge in [0.2, 0.25) is 5.91 Å². The van der Waals surface area contributed by atoms with Gasteiger partial charge < -0.3 is 5.32 Å². The molecule has 1 aliphatic rings. The van der Waals surface area contributed by atoms with Crippen molar-refractivity contribution in [1.29, 1.82) is 0 Å². The van der Waals surface area contributed by atoms with Gasteiger partial charge in [-0.25, -0.2) is 0 Å². The zero-order chi connectivity index (χ0) is 15.2. The molecule has 1 aromatic heterocycles. The Bertz CT molecular complexity index is 667. The van der Waals surface area contributed by atoms with Crippen molar-refractivity contribution in [2.45, 2.75) is 32.1 Å². The summed E-state index contributed by atoms with van der Waals surface area (Å²) in [6, 6.07) is 9.91. The second kappa shape index (κ2) is 7.21. The Hall–Kier alpha value is -2.16. The molecule has 0 aliphatic heterocycles. The van der Waals surface area contributed by atoms with E-state index in [2.05, 4.69) is 10.3 Å². The number of para-hydroxylation sites is 1. The monoisotopic (exact) mass is 294 g/mol. The lowest BCUT2D eigenvalue weighted by Gasteiger charge is -2.21. The van der Waals surface area contributed by atoms with Crippen LogP contribution in [0.4, 0.5) is 0 Å². The number of nitrogens with one attached hydrogen (secondary N) is 1. The second-order valence-corrected chi connectivity index (χ2v) is 6.00. The molecule has 1 aromatic carbocycles. The molecule has 3 heteroatoms. The second-order valence-electron chi connectivity index (χ2n) is 6.00. The van der Waals surface area contributed by atoms with E-state index in [9.17, 15) is 4.79 Å². The van der Waals surface area contributed by atoms with Crippen molar-refractivity contribution in [1.82, 2.24) is 10.3 Å². The van der Waals surface area contributed by atoms with Gasteiger partial charge in [0, 0.05) is 24.2 Å². The number of aromatic nitrogens is 1. The van der Waals surface area contributed by atoms with Gasteiger partial charge in [-0.05, 0) is 42.5 Å². The first kappa shape index (κ1) is 14.8. The minimum Gasteiger partial charge on any atom is -0.352 e. The molecule has 0 unspecified atom stereocenters. The van der Waals surface area contributed by atoms with E-state index in [1.54, 1.807) is 12.3 Å². The topological polar surface area (TPSA) is 42.0 Å². The predicted molar refractivity (Wildman–Crippen MR) is 90.4 cm³/mol. The summed E-state index contributed by atoms with van der Waals surface area (Å²) in [6.45, 7) is 0.806. The molecule has 0 radical (unpaired) electrons. The Balaban J connectivity index is 1.61. The highest BCUT2D eigenvalue weighted by atomic mass is 16.1. The molecule has 0 spiro atoms. The van der Waals surface area contributed by atoms with Crippen LogP contribution in [0.3, 0.4) is 0 Å². The van der Waals surface area contributed by atoms with Crippen LogP contribution in [-0.4, -0.2) is 17.4 Å². The van der Waals surface area contributed by atoms with E-state index in [0.29, 0.717) is 5.92 Å². The maximum Gasteiger partial charge on any atom is 0.244 e. The highest BCUT2D eigenvalue weighted by Crippen LogP contribution is 2.22. The molecule has 0 saturated heterocycles. The van der Waals surface area contributed by atoms with Gasteiger partial charge in [-0.15, -0.1) is 0 Å². The molecule has 0 bridgehead atoms. The molecular formula is C19H22N2O. The average Bonchev–Trinajstić information content (AvgIpc) is 2.59. The third kappa shape index (κ3) is 3.73.